The summed E-state index contributed by atoms with van der Waals surface area (Å²) in [5, 5.41) is 12.6. The Bertz CT molecular complexity index is 557. The minimum Gasteiger partial charge on any atom is -0.392 e. The number of hydrogen-bond acceptors (Lipinski definition) is 3. The molecule has 1 aromatic rings. The van der Waals surface area contributed by atoms with Crippen LogP contribution >= 0.6 is 0 Å². The van der Waals surface area contributed by atoms with E-state index in [0.29, 0.717) is 18.7 Å². The Morgan fingerprint density at radius 2 is 2.13 bits per heavy atom. The molecular weight excluding hydrogens is 292 g/mol. The fraction of sp³-hybridized carbons (Fsp3) is 0.556. The molecule has 126 valence electrons. The highest BCUT2D eigenvalue weighted by Crippen LogP contribution is 2.17. The van der Waals surface area contributed by atoms with Gasteiger partial charge in [-0.3, -0.25) is 9.59 Å². The molecule has 0 spiro atoms. The average molecular weight is 318 g/mol. The number of hydrogen-bond donors (Lipinski definition) is 2. The standard InChI is InChI=1S/C18H26N2O3/c1-13(2)16(21)11-17(22)19-15-7-5-6-14(10-15)12-20-9-4-3-8-18(20)23/h5-7,10,13,16,21H,3-4,8-9,11-12H2,1-2H3,(H,19,22). The van der Waals surface area contributed by atoms with Crippen LogP contribution in [0.5, 0.6) is 0 Å². The molecule has 0 aromatic heterocycles. The summed E-state index contributed by atoms with van der Waals surface area (Å²) in [5.74, 6) is 0.0559. The SMILES string of the molecule is CC(C)C(O)CC(=O)Nc1cccc(CN2CCCCC2=O)c1. The summed E-state index contributed by atoms with van der Waals surface area (Å²) in [4.78, 5) is 25.7. The lowest BCUT2D eigenvalue weighted by Gasteiger charge is -2.26. The van der Waals surface area contributed by atoms with E-state index in [0.717, 1.165) is 24.9 Å². The highest BCUT2D eigenvalue weighted by atomic mass is 16.3. The van der Waals surface area contributed by atoms with E-state index in [-0.39, 0.29) is 24.2 Å². The van der Waals surface area contributed by atoms with E-state index >= 15 is 0 Å². The molecule has 2 amide bonds. The highest BCUT2D eigenvalue weighted by molar-refractivity contribution is 5.91. The fourth-order valence-electron chi connectivity index (χ4n) is 2.63. The van der Waals surface area contributed by atoms with Crippen LogP contribution in [-0.2, 0) is 16.1 Å². The molecule has 0 aliphatic carbocycles. The van der Waals surface area contributed by atoms with Crippen molar-refractivity contribution in [2.75, 3.05) is 11.9 Å². The van der Waals surface area contributed by atoms with Gasteiger partial charge >= 0.3 is 0 Å². The summed E-state index contributed by atoms with van der Waals surface area (Å²) in [6, 6.07) is 7.54. The van der Waals surface area contributed by atoms with Crippen molar-refractivity contribution in [1.82, 2.24) is 4.90 Å². The Labute approximate surface area is 137 Å². The van der Waals surface area contributed by atoms with E-state index in [1.165, 1.54) is 0 Å². The molecule has 1 aliphatic rings. The first-order valence-electron chi connectivity index (χ1n) is 8.30. The second-order valence-electron chi connectivity index (χ2n) is 6.54. The van der Waals surface area contributed by atoms with Crippen LogP contribution in [0.25, 0.3) is 0 Å². The molecule has 1 aliphatic heterocycles. The average Bonchev–Trinajstić information content (AvgIpc) is 2.49. The number of nitrogens with zero attached hydrogens (tertiary/aromatic N) is 1. The number of amides is 2. The second kappa shape index (κ2) is 8.11. The molecular formula is C18H26N2O3. The highest BCUT2D eigenvalue weighted by Gasteiger charge is 2.18. The quantitative estimate of drug-likeness (QED) is 0.847. The van der Waals surface area contributed by atoms with Gasteiger partial charge < -0.3 is 15.3 Å². The summed E-state index contributed by atoms with van der Waals surface area (Å²) < 4.78 is 0. The van der Waals surface area contributed by atoms with Gasteiger partial charge in [0.15, 0.2) is 0 Å². The van der Waals surface area contributed by atoms with E-state index in [1.54, 1.807) is 0 Å². The fourth-order valence-corrected chi connectivity index (χ4v) is 2.63. The maximum Gasteiger partial charge on any atom is 0.226 e. The third kappa shape index (κ3) is 5.36. The number of aliphatic hydroxyl groups is 1. The van der Waals surface area contributed by atoms with Crippen molar-refractivity contribution < 1.29 is 14.7 Å². The number of aliphatic hydroxyl groups excluding tert-OH is 1. The molecule has 5 heteroatoms. The molecule has 0 bridgehead atoms. The topological polar surface area (TPSA) is 69.6 Å². The Kier molecular flexibility index (Phi) is 6.16. The lowest BCUT2D eigenvalue weighted by molar-refractivity contribution is -0.133. The second-order valence-corrected chi connectivity index (χ2v) is 6.54. The van der Waals surface area contributed by atoms with E-state index in [4.69, 9.17) is 0 Å². The van der Waals surface area contributed by atoms with Crippen LogP contribution < -0.4 is 5.32 Å². The molecule has 1 saturated heterocycles. The molecule has 1 atom stereocenters. The Morgan fingerprint density at radius 1 is 1.35 bits per heavy atom. The third-order valence-electron chi connectivity index (χ3n) is 4.17. The van der Waals surface area contributed by atoms with Gasteiger partial charge in [0.05, 0.1) is 12.5 Å². The molecule has 1 unspecified atom stereocenters. The molecule has 23 heavy (non-hydrogen) atoms. The molecule has 1 aromatic carbocycles. The number of anilines is 1. The maximum atomic E-state index is 11.9. The van der Waals surface area contributed by atoms with Gasteiger partial charge in [-0.15, -0.1) is 0 Å². The minimum absolute atomic E-state index is 0.0530. The van der Waals surface area contributed by atoms with Crippen molar-refractivity contribution in [1.29, 1.82) is 0 Å². The number of benzene rings is 1. The summed E-state index contributed by atoms with van der Waals surface area (Å²) in [5.41, 5.74) is 1.70. The van der Waals surface area contributed by atoms with Gasteiger partial charge in [0.1, 0.15) is 0 Å². The Hall–Kier alpha value is -1.88. The number of piperidine rings is 1. The summed E-state index contributed by atoms with van der Waals surface area (Å²) in [6.45, 7) is 5.15. The van der Waals surface area contributed by atoms with E-state index in [1.807, 2.05) is 43.0 Å². The van der Waals surface area contributed by atoms with Crippen molar-refractivity contribution in [2.24, 2.45) is 5.92 Å². The molecule has 1 heterocycles. The van der Waals surface area contributed by atoms with Crippen LogP contribution in [0.15, 0.2) is 24.3 Å². The zero-order valence-corrected chi connectivity index (χ0v) is 13.9. The normalized spacial score (nSPS) is 16.5. The van der Waals surface area contributed by atoms with Gasteiger partial charge in [-0.2, -0.15) is 0 Å². The molecule has 5 nitrogen and oxygen atoms in total. The Balaban J connectivity index is 1.94. The molecule has 0 saturated carbocycles. The van der Waals surface area contributed by atoms with Crippen LogP contribution in [0.2, 0.25) is 0 Å². The van der Waals surface area contributed by atoms with Crippen molar-refractivity contribution in [3.8, 4) is 0 Å². The van der Waals surface area contributed by atoms with Crippen molar-refractivity contribution in [3.05, 3.63) is 29.8 Å². The lowest BCUT2D eigenvalue weighted by atomic mass is 10.0. The number of carbonyl (C=O) groups is 2. The number of likely N-dealkylation sites (tertiary alicyclic amines) is 1. The predicted octanol–water partition coefficient (Wildman–Crippen LogP) is 2.54. The first-order chi connectivity index (χ1) is 11.0. The van der Waals surface area contributed by atoms with Gasteiger partial charge in [-0.05, 0) is 36.5 Å². The van der Waals surface area contributed by atoms with Crippen molar-refractivity contribution >= 4 is 17.5 Å². The first kappa shape index (κ1) is 17.5. The third-order valence-corrected chi connectivity index (χ3v) is 4.17. The molecule has 1 fully saturated rings. The van der Waals surface area contributed by atoms with E-state index in [9.17, 15) is 14.7 Å². The summed E-state index contributed by atoms with van der Waals surface area (Å²) in [7, 11) is 0. The number of rotatable bonds is 6. The maximum absolute atomic E-state index is 11.9. The zero-order chi connectivity index (χ0) is 16.8. The van der Waals surface area contributed by atoms with Crippen LogP contribution in [-0.4, -0.2) is 34.5 Å². The van der Waals surface area contributed by atoms with Crippen molar-refractivity contribution in [3.63, 3.8) is 0 Å². The summed E-state index contributed by atoms with van der Waals surface area (Å²) in [6.07, 6.45) is 2.11. The van der Waals surface area contributed by atoms with Gasteiger partial charge in [0, 0.05) is 25.2 Å². The van der Waals surface area contributed by atoms with Crippen LogP contribution in [0.1, 0.15) is 45.1 Å². The number of carbonyl (C=O) groups excluding carboxylic acids is 2. The van der Waals surface area contributed by atoms with E-state index < -0.39 is 6.10 Å². The largest absolute Gasteiger partial charge is 0.392 e. The molecule has 0 radical (unpaired) electrons. The van der Waals surface area contributed by atoms with Crippen LogP contribution in [0.3, 0.4) is 0 Å². The molecule has 2 N–H and O–H groups in total. The van der Waals surface area contributed by atoms with Crippen molar-refractivity contribution in [2.45, 2.75) is 52.2 Å². The molecule has 2 rings (SSSR count). The zero-order valence-electron chi connectivity index (χ0n) is 13.9. The van der Waals surface area contributed by atoms with Gasteiger partial charge in [-0.25, -0.2) is 0 Å². The predicted molar refractivity (Wildman–Crippen MR) is 89.8 cm³/mol. The van der Waals surface area contributed by atoms with Crippen LogP contribution in [0.4, 0.5) is 5.69 Å². The lowest BCUT2D eigenvalue weighted by Crippen LogP contribution is -2.34. The number of nitrogens with one attached hydrogen (secondary N) is 1. The van der Waals surface area contributed by atoms with Gasteiger partial charge in [0.2, 0.25) is 11.8 Å². The van der Waals surface area contributed by atoms with Gasteiger partial charge in [-0.1, -0.05) is 26.0 Å². The van der Waals surface area contributed by atoms with E-state index in [2.05, 4.69) is 5.32 Å². The Morgan fingerprint density at radius 3 is 2.83 bits per heavy atom. The monoisotopic (exact) mass is 318 g/mol. The first-order valence-corrected chi connectivity index (χ1v) is 8.30. The van der Waals surface area contributed by atoms with Crippen LogP contribution in [0, 0.1) is 5.92 Å². The minimum atomic E-state index is -0.635. The smallest absolute Gasteiger partial charge is 0.226 e. The van der Waals surface area contributed by atoms with Gasteiger partial charge in [0.25, 0.3) is 0 Å². The summed E-state index contributed by atoms with van der Waals surface area (Å²) >= 11 is 0.